The number of rotatable bonds is 9. The van der Waals surface area contributed by atoms with Gasteiger partial charge in [0.2, 0.25) is 17.7 Å². The Kier molecular flexibility index (Phi) is 7.43. The number of carbonyl (C=O) groups is 4. The molecule has 9 heteroatoms. The van der Waals surface area contributed by atoms with Crippen LogP contribution in [0.5, 0.6) is 5.75 Å². The van der Waals surface area contributed by atoms with E-state index < -0.39 is 41.8 Å². The molecule has 1 aliphatic heterocycles. The van der Waals surface area contributed by atoms with Gasteiger partial charge in [-0.1, -0.05) is 48.5 Å². The molecule has 0 unspecified atom stereocenters. The van der Waals surface area contributed by atoms with E-state index in [1.54, 1.807) is 24.3 Å². The second kappa shape index (κ2) is 10.4. The molecule has 4 N–H and O–H groups in total. The number of ether oxygens (including phenoxy) is 1. The highest BCUT2D eigenvalue weighted by Gasteiger charge is 2.35. The van der Waals surface area contributed by atoms with E-state index in [0.29, 0.717) is 17.7 Å². The molecule has 0 spiro atoms. The summed E-state index contributed by atoms with van der Waals surface area (Å²) in [5.41, 5.74) is 1.51. The second-order valence-electron chi connectivity index (χ2n) is 7.49. The first-order valence-electron chi connectivity index (χ1n) is 10.2. The summed E-state index contributed by atoms with van der Waals surface area (Å²) in [7, 11) is 1.47. The highest BCUT2D eigenvalue weighted by Crippen LogP contribution is 2.19. The number of methoxy groups -OCH3 is 1. The minimum Gasteiger partial charge on any atom is -0.496 e. The van der Waals surface area contributed by atoms with Gasteiger partial charge in [-0.05, 0) is 17.2 Å². The average molecular weight is 439 g/mol. The van der Waals surface area contributed by atoms with Gasteiger partial charge in [0.05, 0.1) is 13.5 Å². The topological polar surface area (TPSA) is 134 Å². The van der Waals surface area contributed by atoms with Gasteiger partial charge in [-0.15, -0.1) is 0 Å². The molecule has 0 bridgehead atoms. The molecule has 1 fully saturated rings. The van der Waals surface area contributed by atoms with Gasteiger partial charge >= 0.3 is 5.97 Å². The number of carboxylic acids is 1. The number of nitrogens with one attached hydrogen (secondary N) is 3. The monoisotopic (exact) mass is 439 g/mol. The molecular weight excluding hydrogens is 414 g/mol. The normalized spacial score (nSPS) is 18.8. The molecule has 2 aromatic rings. The first kappa shape index (κ1) is 22.8. The van der Waals surface area contributed by atoms with Gasteiger partial charge in [0.1, 0.15) is 23.9 Å². The van der Waals surface area contributed by atoms with Crippen molar-refractivity contribution in [3.05, 3.63) is 65.7 Å². The van der Waals surface area contributed by atoms with Crippen molar-refractivity contribution < 1.29 is 29.0 Å². The Labute approximate surface area is 185 Å². The average Bonchev–Trinajstić information content (AvgIpc) is 2.77. The second-order valence-corrected chi connectivity index (χ2v) is 7.49. The summed E-state index contributed by atoms with van der Waals surface area (Å²) in [6.07, 6.45) is -0.0316. The third-order valence-corrected chi connectivity index (χ3v) is 5.19. The van der Waals surface area contributed by atoms with Gasteiger partial charge in [0.15, 0.2) is 0 Å². The van der Waals surface area contributed by atoms with Crippen molar-refractivity contribution in [2.45, 2.75) is 37.4 Å². The van der Waals surface area contributed by atoms with Crippen molar-refractivity contribution in [2.75, 3.05) is 7.11 Å². The zero-order valence-corrected chi connectivity index (χ0v) is 17.5. The molecular formula is C23H25N3O6. The van der Waals surface area contributed by atoms with Crippen molar-refractivity contribution in [1.82, 2.24) is 16.0 Å². The predicted molar refractivity (Wildman–Crippen MR) is 115 cm³/mol. The molecule has 0 aliphatic carbocycles. The quantitative estimate of drug-likeness (QED) is 0.448. The van der Waals surface area contributed by atoms with E-state index in [2.05, 4.69) is 16.0 Å². The summed E-state index contributed by atoms with van der Waals surface area (Å²) >= 11 is 0. The molecule has 0 aromatic heterocycles. The van der Waals surface area contributed by atoms with E-state index >= 15 is 0 Å². The number of hydrogen-bond donors (Lipinski definition) is 4. The van der Waals surface area contributed by atoms with E-state index in [-0.39, 0.29) is 12.8 Å². The van der Waals surface area contributed by atoms with Crippen LogP contribution in [-0.2, 0) is 32.0 Å². The van der Waals surface area contributed by atoms with Crippen LogP contribution >= 0.6 is 0 Å². The Balaban J connectivity index is 1.58. The van der Waals surface area contributed by atoms with Gasteiger partial charge in [-0.3, -0.25) is 14.4 Å². The Morgan fingerprint density at radius 1 is 1.00 bits per heavy atom. The Hall–Kier alpha value is -3.88. The molecule has 32 heavy (non-hydrogen) atoms. The van der Waals surface area contributed by atoms with Crippen LogP contribution in [0.4, 0.5) is 0 Å². The highest BCUT2D eigenvalue weighted by molar-refractivity contribution is 5.99. The number of carboxylic acid groups (broad SMARTS) is 1. The molecule has 3 amide bonds. The van der Waals surface area contributed by atoms with E-state index in [4.69, 9.17) is 4.74 Å². The lowest BCUT2D eigenvalue weighted by Crippen LogP contribution is -2.63. The number of carbonyl (C=O) groups excluding carboxylic acids is 3. The summed E-state index contributed by atoms with van der Waals surface area (Å²) in [6, 6.07) is 13.1. The summed E-state index contributed by atoms with van der Waals surface area (Å²) in [6.45, 7) is 0. The maximum absolute atomic E-state index is 12.5. The molecule has 0 radical (unpaired) electrons. The van der Waals surface area contributed by atoms with E-state index in [0.717, 1.165) is 5.56 Å². The van der Waals surface area contributed by atoms with Crippen molar-refractivity contribution in [1.29, 1.82) is 0 Å². The van der Waals surface area contributed by atoms with Gasteiger partial charge in [0, 0.05) is 12.8 Å². The summed E-state index contributed by atoms with van der Waals surface area (Å²) < 4.78 is 5.22. The highest BCUT2D eigenvalue weighted by atomic mass is 16.5. The van der Waals surface area contributed by atoms with Crippen LogP contribution in [0.2, 0.25) is 0 Å². The van der Waals surface area contributed by atoms with Crippen LogP contribution in [0, 0.1) is 0 Å². The summed E-state index contributed by atoms with van der Waals surface area (Å²) in [5.74, 6) is -2.25. The fourth-order valence-corrected chi connectivity index (χ4v) is 3.54. The van der Waals surface area contributed by atoms with E-state index in [1.165, 1.54) is 7.11 Å². The number of benzene rings is 2. The SMILES string of the molecule is COc1ccccc1C[C@H](NC(=O)C[C@@H]1NC(=O)[C@H](Cc2ccccc2)NC1=O)C(=O)O. The molecule has 1 aliphatic rings. The number of piperazine rings is 1. The van der Waals surface area contributed by atoms with Crippen LogP contribution in [0.25, 0.3) is 0 Å². The number of para-hydroxylation sites is 1. The minimum atomic E-state index is -1.22. The van der Waals surface area contributed by atoms with Crippen LogP contribution in [0.15, 0.2) is 54.6 Å². The smallest absolute Gasteiger partial charge is 0.326 e. The predicted octanol–water partition coefficient (Wildman–Crippen LogP) is 0.423. The maximum Gasteiger partial charge on any atom is 0.326 e. The Bertz CT molecular complexity index is 994. The largest absolute Gasteiger partial charge is 0.496 e. The molecule has 2 aromatic carbocycles. The molecule has 0 saturated carbocycles. The van der Waals surface area contributed by atoms with Crippen molar-refractivity contribution >= 4 is 23.7 Å². The third-order valence-electron chi connectivity index (χ3n) is 5.19. The molecule has 168 valence electrons. The minimum absolute atomic E-state index is 0.00740. The van der Waals surface area contributed by atoms with E-state index in [1.807, 2.05) is 30.3 Å². The van der Waals surface area contributed by atoms with Gasteiger partial charge in [-0.2, -0.15) is 0 Å². The maximum atomic E-state index is 12.5. The lowest BCUT2D eigenvalue weighted by molar-refractivity contribution is -0.142. The lowest BCUT2D eigenvalue weighted by atomic mass is 10.0. The molecule has 9 nitrogen and oxygen atoms in total. The van der Waals surface area contributed by atoms with Crippen LogP contribution in [0.3, 0.4) is 0 Å². The number of aliphatic carboxylic acids is 1. The molecule has 1 saturated heterocycles. The van der Waals surface area contributed by atoms with Gasteiger partial charge in [0.25, 0.3) is 0 Å². The lowest BCUT2D eigenvalue weighted by Gasteiger charge is -2.29. The zero-order chi connectivity index (χ0) is 23.1. The van der Waals surface area contributed by atoms with E-state index in [9.17, 15) is 24.3 Å². The zero-order valence-electron chi connectivity index (χ0n) is 17.5. The van der Waals surface area contributed by atoms with Gasteiger partial charge in [-0.25, -0.2) is 4.79 Å². The van der Waals surface area contributed by atoms with Gasteiger partial charge < -0.3 is 25.8 Å². The fraction of sp³-hybridized carbons (Fsp3) is 0.304. The van der Waals surface area contributed by atoms with Crippen molar-refractivity contribution in [2.24, 2.45) is 0 Å². The summed E-state index contributed by atoms with van der Waals surface area (Å²) in [5, 5.41) is 17.1. The molecule has 1 heterocycles. The number of amides is 3. The van der Waals surface area contributed by atoms with Crippen LogP contribution in [0.1, 0.15) is 17.5 Å². The Morgan fingerprint density at radius 2 is 1.62 bits per heavy atom. The van der Waals surface area contributed by atoms with Crippen molar-refractivity contribution in [3.8, 4) is 5.75 Å². The van der Waals surface area contributed by atoms with Crippen molar-refractivity contribution in [3.63, 3.8) is 0 Å². The third kappa shape index (κ3) is 5.84. The van der Waals surface area contributed by atoms with Crippen LogP contribution in [-0.4, -0.2) is 54.0 Å². The first-order chi connectivity index (χ1) is 15.4. The fourth-order valence-electron chi connectivity index (χ4n) is 3.54. The standard InChI is InChI=1S/C23H25N3O6/c1-32-19-10-6-5-9-15(19)12-18(23(30)31)24-20(27)13-17-22(29)25-16(21(28)26-17)11-14-7-3-2-4-8-14/h2-10,16-18H,11-13H2,1H3,(H,24,27)(H,25,29)(H,26,28)(H,30,31)/t16-,17-,18-/m0/s1. The molecule has 3 atom stereocenters. The van der Waals surface area contributed by atoms with Crippen LogP contribution < -0.4 is 20.7 Å². The Morgan fingerprint density at radius 3 is 2.31 bits per heavy atom. The summed E-state index contributed by atoms with van der Waals surface area (Å²) in [4.78, 5) is 49.0. The molecule has 3 rings (SSSR count). The number of hydrogen-bond acceptors (Lipinski definition) is 5. The first-order valence-corrected chi connectivity index (χ1v) is 10.2.